The van der Waals surface area contributed by atoms with Crippen molar-refractivity contribution < 1.29 is 14.3 Å². The zero-order valence-electron chi connectivity index (χ0n) is 17.0. The van der Waals surface area contributed by atoms with Gasteiger partial charge in [-0.15, -0.1) is 0 Å². The van der Waals surface area contributed by atoms with Crippen LogP contribution in [0.25, 0.3) is 0 Å². The van der Waals surface area contributed by atoms with Crippen LogP contribution in [0.1, 0.15) is 18.5 Å². The number of ether oxygens (including phenoxy) is 1. The average Bonchev–Trinajstić information content (AvgIpc) is 2.74. The van der Waals surface area contributed by atoms with Crippen LogP contribution in [0.3, 0.4) is 0 Å². The van der Waals surface area contributed by atoms with Crippen molar-refractivity contribution in [2.75, 3.05) is 10.2 Å². The normalized spacial score (nSPS) is 23.6. The Morgan fingerprint density at radius 3 is 2.53 bits per heavy atom. The lowest BCUT2D eigenvalue weighted by atomic mass is 9.78. The molecule has 0 unspecified atom stereocenters. The van der Waals surface area contributed by atoms with Crippen LogP contribution in [0, 0.1) is 5.92 Å². The van der Waals surface area contributed by atoms with Gasteiger partial charge in [0.2, 0.25) is 11.6 Å². The highest BCUT2D eigenvalue weighted by Gasteiger charge is 2.60. The number of hydrogen-bond donors (Lipinski definition) is 2. The van der Waals surface area contributed by atoms with E-state index in [1.165, 1.54) is 4.90 Å². The summed E-state index contributed by atoms with van der Waals surface area (Å²) in [5, 5.41) is 6.99. The molecule has 1 saturated heterocycles. The van der Waals surface area contributed by atoms with Crippen molar-refractivity contribution in [3.63, 3.8) is 0 Å². The smallest absolute Gasteiger partial charge is 0.325 e. The summed E-state index contributed by atoms with van der Waals surface area (Å²) in [6, 6.07) is 20.2. The second kappa shape index (κ2) is 7.73. The third-order valence-corrected chi connectivity index (χ3v) is 6.35. The molecule has 2 heterocycles. The molecule has 0 aliphatic carbocycles. The highest BCUT2D eigenvalue weighted by molar-refractivity contribution is 6.31. The van der Waals surface area contributed by atoms with Crippen LogP contribution in [-0.4, -0.2) is 17.7 Å². The number of amides is 3. The van der Waals surface area contributed by atoms with Crippen molar-refractivity contribution in [1.82, 2.24) is 5.32 Å². The molecule has 3 aromatic rings. The Morgan fingerprint density at radius 2 is 1.78 bits per heavy atom. The summed E-state index contributed by atoms with van der Waals surface area (Å²) >= 11 is 12.2. The Balaban J connectivity index is 1.61. The molecule has 3 aromatic carbocycles. The van der Waals surface area contributed by atoms with Crippen molar-refractivity contribution in [2.45, 2.75) is 18.7 Å². The van der Waals surface area contributed by atoms with E-state index in [-0.39, 0.29) is 11.9 Å². The molecule has 0 radical (unpaired) electrons. The van der Waals surface area contributed by atoms with Crippen molar-refractivity contribution in [3.05, 3.63) is 88.4 Å². The highest BCUT2D eigenvalue weighted by atomic mass is 35.5. The molecule has 0 aromatic heterocycles. The lowest BCUT2D eigenvalue weighted by Gasteiger charge is -2.54. The Morgan fingerprint density at radius 1 is 1.03 bits per heavy atom. The maximum Gasteiger partial charge on any atom is 0.325 e. The van der Waals surface area contributed by atoms with Gasteiger partial charge in [0.15, 0.2) is 0 Å². The van der Waals surface area contributed by atoms with Crippen molar-refractivity contribution in [1.29, 1.82) is 0 Å². The molecule has 0 saturated carbocycles. The average molecular weight is 468 g/mol. The zero-order valence-corrected chi connectivity index (χ0v) is 18.5. The van der Waals surface area contributed by atoms with Crippen molar-refractivity contribution >= 4 is 46.5 Å². The molecule has 2 aliphatic rings. The van der Waals surface area contributed by atoms with Gasteiger partial charge in [-0.3, -0.25) is 9.69 Å². The van der Waals surface area contributed by atoms with Gasteiger partial charge in [-0.2, -0.15) is 0 Å². The van der Waals surface area contributed by atoms with Crippen LogP contribution in [-0.2, 0) is 4.79 Å². The Labute approximate surface area is 195 Å². The van der Waals surface area contributed by atoms with E-state index >= 15 is 0 Å². The van der Waals surface area contributed by atoms with Crippen LogP contribution >= 0.6 is 23.2 Å². The van der Waals surface area contributed by atoms with E-state index in [2.05, 4.69) is 10.6 Å². The molecule has 2 aliphatic heterocycles. The number of hydrogen-bond acceptors (Lipinski definition) is 3. The summed E-state index contributed by atoms with van der Waals surface area (Å²) in [5.74, 6) is -0.436. The number of urea groups is 1. The molecular formula is C24H19Cl2N3O3. The predicted molar refractivity (Wildman–Crippen MR) is 124 cm³/mol. The van der Waals surface area contributed by atoms with Gasteiger partial charge in [-0.05, 0) is 55.5 Å². The lowest BCUT2D eigenvalue weighted by molar-refractivity contribution is -0.131. The minimum absolute atomic E-state index is 0.290. The molecule has 6 nitrogen and oxygen atoms in total. The number of nitrogens with zero attached hydrogens (tertiary/aromatic N) is 1. The van der Waals surface area contributed by atoms with Crippen molar-refractivity contribution in [2.24, 2.45) is 5.92 Å². The summed E-state index contributed by atoms with van der Waals surface area (Å²) in [5.41, 5.74) is 0.572. The number of carbonyl (C=O) groups excluding carboxylic acids is 2. The first-order chi connectivity index (χ1) is 15.4. The molecular weight excluding hydrogens is 449 g/mol. The summed E-state index contributed by atoms with van der Waals surface area (Å²) < 4.78 is 6.40. The van der Waals surface area contributed by atoms with Crippen LogP contribution in [0.5, 0.6) is 5.75 Å². The second-order valence-electron chi connectivity index (χ2n) is 7.91. The van der Waals surface area contributed by atoms with Gasteiger partial charge in [-0.25, -0.2) is 4.79 Å². The van der Waals surface area contributed by atoms with Gasteiger partial charge in [0.05, 0.1) is 11.7 Å². The Hall–Kier alpha value is -3.22. The number of rotatable bonds is 3. The lowest BCUT2D eigenvalue weighted by Crippen LogP contribution is -2.72. The first-order valence-corrected chi connectivity index (χ1v) is 10.8. The van der Waals surface area contributed by atoms with Crippen LogP contribution in [0.15, 0.2) is 72.8 Å². The fourth-order valence-corrected chi connectivity index (χ4v) is 4.80. The van der Waals surface area contributed by atoms with Crippen LogP contribution in [0.4, 0.5) is 16.2 Å². The number of fused-ring (bicyclic) bond motifs is 4. The van der Waals surface area contributed by atoms with Gasteiger partial charge in [-0.1, -0.05) is 47.5 Å². The fourth-order valence-electron chi connectivity index (χ4n) is 4.49. The SMILES string of the molecule is C[C@@]12Oc3ccccc3[C@@H](NC(=O)N1c1cccc(Cl)c1)[C@@H]2C(=O)Nc1ccc(Cl)cc1. The number of anilines is 2. The van der Waals surface area contributed by atoms with E-state index in [9.17, 15) is 9.59 Å². The monoisotopic (exact) mass is 467 g/mol. The minimum atomic E-state index is -1.30. The summed E-state index contributed by atoms with van der Waals surface area (Å²) in [6.45, 7) is 1.75. The van der Waals surface area contributed by atoms with Gasteiger partial charge in [0, 0.05) is 21.3 Å². The number of halogens is 2. The molecule has 162 valence electrons. The highest BCUT2D eigenvalue weighted by Crippen LogP contribution is 2.49. The van der Waals surface area contributed by atoms with Gasteiger partial charge >= 0.3 is 6.03 Å². The largest absolute Gasteiger partial charge is 0.466 e. The maximum absolute atomic E-state index is 13.6. The quantitative estimate of drug-likeness (QED) is 0.524. The van der Waals surface area contributed by atoms with E-state index < -0.39 is 17.7 Å². The summed E-state index contributed by atoms with van der Waals surface area (Å²) in [6.07, 6.45) is 0. The first-order valence-electron chi connectivity index (χ1n) is 10.1. The van der Waals surface area contributed by atoms with E-state index in [4.69, 9.17) is 27.9 Å². The molecule has 32 heavy (non-hydrogen) atoms. The van der Waals surface area contributed by atoms with E-state index in [0.717, 1.165) is 5.56 Å². The number of carbonyl (C=O) groups is 2. The third kappa shape index (κ3) is 3.36. The van der Waals surface area contributed by atoms with Crippen LogP contribution < -0.4 is 20.3 Å². The molecule has 3 amide bonds. The van der Waals surface area contributed by atoms with E-state index in [0.29, 0.717) is 27.2 Å². The molecule has 8 heteroatoms. The van der Waals surface area contributed by atoms with Gasteiger partial charge in [0.1, 0.15) is 11.7 Å². The molecule has 5 rings (SSSR count). The van der Waals surface area contributed by atoms with Crippen LogP contribution in [0.2, 0.25) is 10.0 Å². The number of benzene rings is 3. The minimum Gasteiger partial charge on any atom is -0.466 e. The Kier molecular flexibility index (Phi) is 4.99. The second-order valence-corrected chi connectivity index (χ2v) is 8.78. The summed E-state index contributed by atoms with van der Waals surface area (Å²) in [7, 11) is 0. The van der Waals surface area contributed by atoms with Gasteiger partial charge in [0.25, 0.3) is 0 Å². The topological polar surface area (TPSA) is 70.7 Å². The summed E-state index contributed by atoms with van der Waals surface area (Å²) in [4.78, 5) is 28.3. The zero-order chi connectivity index (χ0) is 22.5. The molecule has 3 atom stereocenters. The third-order valence-electron chi connectivity index (χ3n) is 5.87. The molecule has 2 N–H and O–H groups in total. The molecule has 2 bridgehead atoms. The number of para-hydroxylation sites is 1. The fraction of sp³-hybridized carbons (Fsp3) is 0.167. The Bertz CT molecular complexity index is 1220. The maximum atomic E-state index is 13.6. The first kappa shape index (κ1) is 20.7. The predicted octanol–water partition coefficient (Wildman–Crippen LogP) is 5.63. The molecule has 0 spiro atoms. The number of nitrogens with one attached hydrogen (secondary N) is 2. The standard InChI is InChI=1S/C24H19Cl2N3O3/c1-24-20(22(30)27-16-11-9-14(25)10-12-16)21(18-7-2-3-8-19(18)32-24)28-23(31)29(24)17-6-4-5-15(26)13-17/h2-13,20-21H,1H3,(H,27,30)(H,28,31)/t20-,21-,24+/m1/s1. The van der Waals surface area contributed by atoms with E-state index in [1.54, 1.807) is 55.5 Å². The van der Waals surface area contributed by atoms with E-state index in [1.807, 2.05) is 24.3 Å². The molecule has 1 fully saturated rings. The van der Waals surface area contributed by atoms with Gasteiger partial charge < -0.3 is 15.4 Å². The van der Waals surface area contributed by atoms with Crippen molar-refractivity contribution in [3.8, 4) is 5.75 Å².